The summed E-state index contributed by atoms with van der Waals surface area (Å²) >= 11 is 0. The van der Waals surface area contributed by atoms with Crippen molar-refractivity contribution in [2.24, 2.45) is 10.9 Å². The van der Waals surface area contributed by atoms with Gasteiger partial charge in [0.1, 0.15) is 0 Å². The molecule has 0 unspecified atom stereocenters. The molecule has 1 heterocycles. The quantitative estimate of drug-likeness (QED) is 0.487. The third kappa shape index (κ3) is 5.30. The van der Waals surface area contributed by atoms with Crippen LogP contribution in [0.15, 0.2) is 29.3 Å². The van der Waals surface area contributed by atoms with E-state index in [2.05, 4.69) is 10.3 Å². The van der Waals surface area contributed by atoms with Crippen molar-refractivity contribution in [1.82, 2.24) is 10.0 Å². The lowest BCUT2D eigenvalue weighted by atomic mass is 10.2. The summed E-state index contributed by atoms with van der Waals surface area (Å²) in [7, 11) is 0. The molecule has 0 aliphatic heterocycles. The van der Waals surface area contributed by atoms with Crippen LogP contribution in [0.5, 0.6) is 0 Å². The normalized spacial score (nSPS) is 11.1. The first-order valence-corrected chi connectivity index (χ1v) is 6.76. The molecule has 0 fully saturated rings. The number of carbonyl (C=O) groups is 1. The van der Waals surface area contributed by atoms with Crippen LogP contribution in [-0.2, 0) is 4.79 Å². The van der Waals surface area contributed by atoms with Crippen molar-refractivity contribution in [2.45, 2.75) is 27.7 Å². The number of rotatable bonds is 5. The van der Waals surface area contributed by atoms with Gasteiger partial charge in [0.15, 0.2) is 0 Å². The third-order valence-electron chi connectivity index (χ3n) is 2.72. The average molecular weight is 277 g/mol. The number of hydrogen-bond donors (Lipinski definition) is 2. The summed E-state index contributed by atoms with van der Waals surface area (Å²) in [6.07, 6.45) is 3.41. The van der Waals surface area contributed by atoms with Crippen molar-refractivity contribution < 1.29 is 10.0 Å². The van der Waals surface area contributed by atoms with Gasteiger partial charge in [0.05, 0.1) is 23.3 Å². The van der Waals surface area contributed by atoms with E-state index in [1.54, 1.807) is 18.2 Å². The number of nitrogens with one attached hydrogen (secondary N) is 1. The summed E-state index contributed by atoms with van der Waals surface area (Å²) in [5, 5.41) is 13.2. The van der Waals surface area contributed by atoms with Crippen LogP contribution in [0, 0.1) is 19.8 Å². The fourth-order valence-electron chi connectivity index (χ4n) is 1.66. The minimum atomic E-state index is -0.0949. The number of aryl methyl sites for hydroxylation is 2. The van der Waals surface area contributed by atoms with Gasteiger partial charge in [-0.1, -0.05) is 19.9 Å². The molecular weight excluding hydrogens is 254 g/mol. The highest BCUT2D eigenvalue weighted by Crippen LogP contribution is 1.96. The monoisotopic (exact) mass is 277 g/mol. The molecule has 0 saturated carbocycles. The SMILES string of the molecule is Cc1cc(=NCCNC(=O)C=CC(C)C)cc(C)n1O. The van der Waals surface area contributed by atoms with E-state index < -0.39 is 0 Å². The van der Waals surface area contributed by atoms with Crippen LogP contribution in [0.1, 0.15) is 25.2 Å². The Morgan fingerprint density at radius 1 is 1.40 bits per heavy atom. The molecule has 110 valence electrons. The van der Waals surface area contributed by atoms with Gasteiger partial charge in [0.25, 0.3) is 0 Å². The molecule has 0 atom stereocenters. The molecule has 0 aliphatic rings. The van der Waals surface area contributed by atoms with Gasteiger partial charge in [-0.15, -0.1) is 0 Å². The zero-order chi connectivity index (χ0) is 15.1. The van der Waals surface area contributed by atoms with Gasteiger partial charge in [-0.05, 0) is 38.0 Å². The van der Waals surface area contributed by atoms with Crippen LogP contribution in [0.4, 0.5) is 0 Å². The van der Waals surface area contributed by atoms with Crippen molar-refractivity contribution in [3.63, 3.8) is 0 Å². The van der Waals surface area contributed by atoms with E-state index >= 15 is 0 Å². The fourth-order valence-corrected chi connectivity index (χ4v) is 1.66. The molecule has 0 bridgehead atoms. The molecule has 5 heteroatoms. The Morgan fingerprint density at radius 2 is 2.00 bits per heavy atom. The molecule has 1 amide bonds. The maximum Gasteiger partial charge on any atom is 0.243 e. The van der Waals surface area contributed by atoms with Crippen LogP contribution in [0.3, 0.4) is 0 Å². The lowest BCUT2D eigenvalue weighted by Gasteiger charge is -2.06. The Hall–Kier alpha value is -2.04. The molecule has 5 nitrogen and oxygen atoms in total. The number of nitrogens with zero attached hydrogens (tertiary/aromatic N) is 2. The molecule has 0 aliphatic carbocycles. The Bertz CT molecular complexity index is 530. The summed E-state index contributed by atoms with van der Waals surface area (Å²) in [4.78, 5) is 15.8. The Labute approximate surface area is 119 Å². The van der Waals surface area contributed by atoms with Gasteiger partial charge in [-0.2, -0.15) is 4.73 Å². The highest BCUT2D eigenvalue weighted by molar-refractivity contribution is 5.87. The topological polar surface area (TPSA) is 66.6 Å². The van der Waals surface area contributed by atoms with Gasteiger partial charge in [0, 0.05) is 6.54 Å². The molecule has 0 radical (unpaired) electrons. The van der Waals surface area contributed by atoms with Gasteiger partial charge in [0.2, 0.25) is 5.91 Å². The van der Waals surface area contributed by atoms with Gasteiger partial charge in [-0.25, -0.2) is 0 Å². The molecule has 0 aromatic carbocycles. The number of carbonyl (C=O) groups excluding carboxylic acids is 1. The van der Waals surface area contributed by atoms with E-state index in [4.69, 9.17) is 0 Å². The van der Waals surface area contributed by atoms with E-state index in [1.807, 2.05) is 33.8 Å². The van der Waals surface area contributed by atoms with Crippen molar-refractivity contribution in [3.05, 3.63) is 41.0 Å². The Kier molecular flexibility index (Phi) is 6.03. The van der Waals surface area contributed by atoms with Crippen molar-refractivity contribution in [1.29, 1.82) is 0 Å². The minimum Gasteiger partial charge on any atom is -0.428 e. The first-order valence-electron chi connectivity index (χ1n) is 6.76. The number of allylic oxidation sites excluding steroid dienone is 1. The van der Waals surface area contributed by atoms with Crippen molar-refractivity contribution in [3.8, 4) is 0 Å². The first-order chi connectivity index (χ1) is 9.40. The fraction of sp³-hybridized carbons (Fsp3) is 0.467. The van der Waals surface area contributed by atoms with E-state index in [9.17, 15) is 10.0 Å². The Morgan fingerprint density at radius 3 is 2.55 bits per heavy atom. The predicted octanol–water partition coefficient (Wildman–Crippen LogP) is 1.57. The highest BCUT2D eigenvalue weighted by atomic mass is 16.5. The molecule has 0 saturated heterocycles. The first kappa shape index (κ1) is 16.0. The summed E-state index contributed by atoms with van der Waals surface area (Å²) < 4.78 is 1.12. The van der Waals surface area contributed by atoms with Crippen molar-refractivity contribution >= 4 is 5.91 Å². The summed E-state index contributed by atoms with van der Waals surface area (Å²) in [6, 6.07) is 3.60. The van der Waals surface area contributed by atoms with E-state index in [0.717, 1.165) is 21.5 Å². The second-order valence-electron chi connectivity index (χ2n) is 5.08. The largest absolute Gasteiger partial charge is 0.428 e. The zero-order valence-corrected chi connectivity index (χ0v) is 12.6. The Balaban J connectivity index is 2.52. The highest BCUT2D eigenvalue weighted by Gasteiger charge is 1.97. The predicted molar refractivity (Wildman–Crippen MR) is 78.5 cm³/mol. The second kappa shape index (κ2) is 7.53. The second-order valence-corrected chi connectivity index (χ2v) is 5.08. The summed E-state index contributed by atoms with van der Waals surface area (Å²) in [5.41, 5.74) is 1.46. The molecule has 2 N–H and O–H groups in total. The molecular formula is C15H23N3O2. The molecule has 1 aromatic rings. The zero-order valence-electron chi connectivity index (χ0n) is 12.6. The molecule has 0 spiro atoms. The van der Waals surface area contributed by atoms with Crippen molar-refractivity contribution in [2.75, 3.05) is 13.1 Å². The van der Waals surface area contributed by atoms with Crippen LogP contribution >= 0.6 is 0 Å². The minimum absolute atomic E-state index is 0.0949. The number of aromatic nitrogens is 1. The number of pyridine rings is 1. The lowest BCUT2D eigenvalue weighted by molar-refractivity contribution is -0.116. The van der Waals surface area contributed by atoms with E-state index in [1.165, 1.54) is 0 Å². The summed E-state index contributed by atoms with van der Waals surface area (Å²) in [6.45, 7) is 8.66. The maximum atomic E-state index is 11.4. The van der Waals surface area contributed by atoms with Crippen LogP contribution in [0.2, 0.25) is 0 Å². The molecule has 1 aromatic heterocycles. The molecule has 20 heavy (non-hydrogen) atoms. The third-order valence-corrected chi connectivity index (χ3v) is 2.72. The molecule has 1 rings (SSSR count). The number of hydrogen-bond acceptors (Lipinski definition) is 3. The average Bonchev–Trinajstić information content (AvgIpc) is 2.38. The van der Waals surface area contributed by atoms with Gasteiger partial charge < -0.3 is 10.5 Å². The summed E-state index contributed by atoms with van der Waals surface area (Å²) in [5.74, 6) is 0.272. The lowest BCUT2D eigenvalue weighted by Crippen LogP contribution is -2.25. The van der Waals surface area contributed by atoms with Gasteiger partial charge >= 0.3 is 0 Å². The maximum absolute atomic E-state index is 11.4. The van der Waals surface area contributed by atoms with E-state index in [-0.39, 0.29) is 5.91 Å². The van der Waals surface area contributed by atoms with E-state index in [0.29, 0.717) is 19.0 Å². The standard InChI is InChI=1S/C15H23N3O2/c1-11(2)5-6-15(19)17-8-7-16-14-9-12(3)18(20)13(4)10-14/h5-6,9-11,20H,7-8H2,1-4H3,(H,17,19). The van der Waals surface area contributed by atoms with Crippen LogP contribution in [0.25, 0.3) is 0 Å². The number of amides is 1. The van der Waals surface area contributed by atoms with Crippen LogP contribution < -0.4 is 10.7 Å². The van der Waals surface area contributed by atoms with Gasteiger partial charge in [-0.3, -0.25) is 9.79 Å². The smallest absolute Gasteiger partial charge is 0.243 e. The van der Waals surface area contributed by atoms with Crippen LogP contribution in [-0.4, -0.2) is 28.9 Å².